The van der Waals surface area contributed by atoms with Gasteiger partial charge in [-0.2, -0.15) is 0 Å². The van der Waals surface area contributed by atoms with Crippen molar-refractivity contribution < 1.29 is 19.7 Å². The molecule has 1 aromatic rings. The molecule has 2 N–H and O–H groups in total. The summed E-state index contributed by atoms with van der Waals surface area (Å²) in [5.74, 6) is -1.60. The van der Waals surface area contributed by atoms with Crippen LogP contribution in [0.5, 0.6) is 5.75 Å². The van der Waals surface area contributed by atoms with Gasteiger partial charge in [0.15, 0.2) is 5.60 Å². The van der Waals surface area contributed by atoms with Gasteiger partial charge < -0.3 is 14.9 Å². The molecular formula is C15H22O4. The number of carbonyl (C=O) groups is 1. The molecule has 19 heavy (non-hydrogen) atoms. The molecule has 2 unspecified atom stereocenters. The molecule has 0 saturated carbocycles. The Hall–Kier alpha value is -1.55. The molecule has 0 aliphatic carbocycles. The van der Waals surface area contributed by atoms with E-state index in [9.17, 15) is 15.0 Å². The monoisotopic (exact) mass is 266 g/mol. The highest BCUT2D eigenvalue weighted by molar-refractivity contribution is 5.79. The highest BCUT2D eigenvalue weighted by atomic mass is 16.5. The minimum Gasteiger partial charge on any atom is -0.496 e. The van der Waals surface area contributed by atoms with Gasteiger partial charge in [0.25, 0.3) is 0 Å². The Morgan fingerprint density at radius 2 is 1.89 bits per heavy atom. The summed E-state index contributed by atoms with van der Waals surface area (Å²) in [5, 5.41) is 19.9. The van der Waals surface area contributed by atoms with Crippen molar-refractivity contribution in [3.05, 3.63) is 29.3 Å². The molecule has 0 bridgehead atoms. The average Bonchev–Trinajstić information content (AvgIpc) is 2.36. The first kappa shape index (κ1) is 15.5. The lowest BCUT2D eigenvalue weighted by atomic mass is 9.75. The third-order valence-corrected chi connectivity index (χ3v) is 3.73. The van der Waals surface area contributed by atoms with Crippen LogP contribution in [0.2, 0.25) is 0 Å². The zero-order valence-electron chi connectivity index (χ0n) is 12.1. The maximum Gasteiger partial charge on any atom is 0.336 e. The van der Waals surface area contributed by atoms with Gasteiger partial charge in [0.2, 0.25) is 0 Å². The summed E-state index contributed by atoms with van der Waals surface area (Å²) in [6, 6.07) is 5.55. The van der Waals surface area contributed by atoms with Gasteiger partial charge >= 0.3 is 5.97 Å². The van der Waals surface area contributed by atoms with Crippen molar-refractivity contribution in [3.8, 4) is 5.75 Å². The molecule has 0 aromatic heterocycles. The first-order chi connectivity index (χ1) is 8.75. The van der Waals surface area contributed by atoms with Gasteiger partial charge in [-0.25, -0.2) is 4.79 Å². The highest BCUT2D eigenvalue weighted by Gasteiger charge is 2.46. The van der Waals surface area contributed by atoms with Crippen molar-refractivity contribution in [2.75, 3.05) is 7.11 Å². The van der Waals surface area contributed by atoms with Crippen LogP contribution in [0.1, 0.15) is 37.8 Å². The van der Waals surface area contributed by atoms with Gasteiger partial charge in [-0.1, -0.05) is 38.5 Å². The van der Waals surface area contributed by atoms with Crippen molar-refractivity contribution in [3.63, 3.8) is 0 Å². The Labute approximate surface area is 114 Å². The minimum atomic E-state index is -1.82. The first-order valence-electron chi connectivity index (χ1n) is 6.35. The Morgan fingerprint density at radius 1 is 1.32 bits per heavy atom. The smallest absolute Gasteiger partial charge is 0.336 e. The lowest BCUT2D eigenvalue weighted by Crippen LogP contribution is -2.48. The standard InChI is InChI=1S/C15H22O4/c1-9(2)15(18,14(16)17)11(4)12-8-10(3)6-7-13(12)19-5/h6-9,11,18H,1-5H3,(H,16,17). The number of benzene rings is 1. The predicted octanol–water partition coefficient (Wildman–Crippen LogP) is 2.58. The van der Waals surface area contributed by atoms with E-state index in [1.807, 2.05) is 19.1 Å². The zero-order valence-corrected chi connectivity index (χ0v) is 12.1. The van der Waals surface area contributed by atoms with E-state index in [4.69, 9.17) is 4.74 Å². The topological polar surface area (TPSA) is 66.8 Å². The van der Waals surface area contributed by atoms with E-state index in [2.05, 4.69) is 0 Å². The fourth-order valence-electron chi connectivity index (χ4n) is 2.36. The van der Waals surface area contributed by atoms with E-state index >= 15 is 0 Å². The lowest BCUT2D eigenvalue weighted by Gasteiger charge is -2.34. The van der Waals surface area contributed by atoms with Crippen LogP contribution in [-0.4, -0.2) is 28.9 Å². The van der Waals surface area contributed by atoms with Crippen molar-refractivity contribution in [2.45, 2.75) is 39.2 Å². The Kier molecular flexibility index (Phi) is 4.58. The van der Waals surface area contributed by atoms with Crippen molar-refractivity contribution in [1.29, 1.82) is 0 Å². The normalized spacial score (nSPS) is 15.9. The molecule has 0 amide bonds. The molecular weight excluding hydrogens is 244 g/mol. The second-order valence-electron chi connectivity index (χ2n) is 5.25. The number of hydrogen-bond acceptors (Lipinski definition) is 3. The molecule has 0 aliphatic rings. The molecule has 0 saturated heterocycles. The molecule has 4 heteroatoms. The fraction of sp³-hybridized carbons (Fsp3) is 0.533. The van der Waals surface area contributed by atoms with Gasteiger partial charge in [0, 0.05) is 11.5 Å². The van der Waals surface area contributed by atoms with Gasteiger partial charge in [-0.05, 0) is 18.9 Å². The van der Waals surface area contributed by atoms with Crippen LogP contribution < -0.4 is 4.74 Å². The number of ether oxygens (including phenoxy) is 1. The van der Waals surface area contributed by atoms with E-state index in [0.717, 1.165) is 5.56 Å². The summed E-state index contributed by atoms with van der Waals surface area (Å²) in [5.41, 5.74) is -0.110. The number of rotatable bonds is 5. The summed E-state index contributed by atoms with van der Waals surface area (Å²) >= 11 is 0. The summed E-state index contributed by atoms with van der Waals surface area (Å²) in [6.07, 6.45) is 0. The summed E-state index contributed by atoms with van der Waals surface area (Å²) in [6.45, 7) is 7.04. The van der Waals surface area contributed by atoms with Crippen LogP contribution in [0.25, 0.3) is 0 Å². The number of methoxy groups -OCH3 is 1. The third kappa shape index (κ3) is 2.73. The molecule has 4 nitrogen and oxygen atoms in total. The molecule has 1 rings (SSSR count). The van der Waals surface area contributed by atoms with Crippen molar-refractivity contribution >= 4 is 5.97 Å². The molecule has 0 radical (unpaired) electrons. The van der Waals surface area contributed by atoms with Gasteiger partial charge in [-0.3, -0.25) is 0 Å². The van der Waals surface area contributed by atoms with E-state index in [1.165, 1.54) is 7.11 Å². The van der Waals surface area contributed by atoms with E-state index in [-0.39, 0.29) is 0 Å². The maximum absolute atomic E-state index is 11.5. The molecule has 1 aromatic carbocycles. The van der Waals surface area contributed by atoms with Crippen LogP contribution in [0.3, 0.4) is 0 Å². The third-order valence-electron chi connectivity index (χ3n) is 3.73. The largest absolute Gasteiger partial charge is 0.496 e. The molecule has 2 atom stereocenters. The highest BCUT2D eigenvalue weighted by Crippen LogP contribution is 2.38. The maximum atomic E-state index is 11.5. The number of carboxylic acids is 1. The van der Waals surface area contributed by atoms with Gasteiger partial charge in [-0.15, -0.1) is 0 Å². The Bertz CT molecular complexity index is 467. The van der Waals surface area contributed by atoms with Crippen molar-refractivity contribution in [2.24, 2.45) is 5.92 Å². The summed E-state index contributed by atoms with van der Waals surface area (Å²) < 4.78 is 5.27. The van der Waals surface area contributed by atoms with Gasteiger partial charge in [0.05, 0.1) is 7.11 Å². The summed E-state index contributed by atoms with van der Waals surface area (Å²) in [4.78, 5) is 11.5. The predicted molar refractivity (Wildman–Crippen MR) is 73.6 cm³/mol. The number of aliphatic hydroxyl groups is 1. The average molecular weight is 266 g/mol. The first-order valence-corrected chi connectivity index (χ1v) is 6.35. The number of hydrogen-bond donors (Lipinski definition) is 2. The van der Waals surface area contributed by atoms with E-state index in [0.29, 0.717) is 11.3 Å². The van der Waals surface area contributed by atoms with Crippen LogP contribution >= 0.6 is 0 Å². The molecule has 0 fully saturated rings. The van der Waals surface area contributed by atoms with Gasteiger partial charge in [0.1, 0.15) is 5.75 Å². The Morgan fingerprint density at radius 3 is 2.32 bits per heavy atom. The van der Waals surface area contributed by atoms with Crippen LogP contribution in [-0.2, 0) is 4.79 Å². The molecule has 0 heterocycles. The molecule has 0 spiro atoms. The van der Waals surface area contributed by atoms with Crippen LogP contribution in [0.15, 0.2) is 18.2 Å². The minimum absolute atomic E-state index is 0.412. The van der Waals surface area contributed by atoms with E-state index < -0.39 is 23.4 Å². The molecule has 0 aliphatic heterocycles. The van der Waals surface area contributed by atoms with E-state index in [1.54, 1.807) is 26.8 Å². The quantitative estimate of drug-likeness (QED) is 0.859. The molecule has 106 valence electrons. The van der Waals surface area contributed by atoms with Crippen LogP contribution in [0, 0.1) is 12.8 Å². The second-order valence-corrected chi connectivity index (χ2v) is 5.25. The number of aryl methyl sites for hydroxylation is 1. The lowest BCUT2D eigenvalue weighted by molar-refractivity contribution is -0.166. The number of carboxylic acid groups (broad SMARTS) is 1. The van der Waals surface area contributed by atoms with Crippen LogP contribution in [0.4, 0.5) is 0 Å². The van der Waals surface area contributed by atoms with Crippen molar-refractivity contribution in [1.82, 2.24) is 0 Å². The second kappa shape index (κ2) is 5.61. The SMILES string of the molecule is COc1ccc(C)cc1C(C)C(O)(C(=O)O)C(C)C. The summed E-state index contributed by atoms with van der Waals surface area (Å²) in [7, 11) is 1.54. The zero-order chi connectivity index (χ0) is 14.8. The number of aliphatic carboxylic acids is 1. The Balaban J connectivity index is 3.35. The fourth-order valence-corrected chi connectivity index (χ4v) is 2.36.